The minimum absolute atomic E-state index is 0.112. The highest BCUT2D eigenvalue weighted by Crippen LogP contribution is 2.32. The first-order valence-electron chi connectivity index (χ1n) is 3.68. The van der Waals surface area contributed by atoms with Gasteiger partial charge in [0.05, 0.1) is 11.0 Å². The van der Waals surface area contributed by atoms with Crippen molar-refractivity contribution in [2.45, 2.75) is 0 Å². The van der Waals surface area contributed by atoms with Gasteiger partial charge in [0.2, 0.25) is 0 Å². The average Bonchev–Trinajstić information content (AvgIpc) is 2.39. The molecule has 0 aliphatic carbocycles. The molecule has 2 N–H and O–H groups in total. The summed E-state index contributed by atoms with van der Waals surface area (Å²) in [5.41, 5.74) is 5.66. The van der Waals surface area contributed by atoms with Crippen LogP contribution in [-0.2, 0) is 0 Å². The van der Waals surface area contributed by atoms with Crippen LogP contribution in [0.25, 0.3) is 10.1 Å². The Morgan fingerprint density at radius 3 is 2.77 bits per heavy atom. The predicted octanol–water partition coefficient (Wildman–Crippen LogP) is 0.847. The number of carbonyl (C=O) groups is 1. The SMILES string of the molecule is Nc1sc2ccccc2c1C(=O)[O-]. The molecule has 4 heteroatoms. The number of hydrogen-bond donors (Lipinski definition) is 1. The van der Waals surface area contributed by atoms with E-state index in [9.17, 15) is 9.90 Å². The monoisotopic (exact) mass is 192 g/mol. The van der Waals surface area contributed by atoms with Gasteiger partial charge in [-0.2, -0.15) is 0 Å². The Kier molecular flexibility index (Phi) is 1.70. The van der Waals surface area contributed by atoms with E-state index < -0.39 is 5.97 Å². The molecule has 0 aliphatic rings. The first-order chi connectivity index (χ1) is 6.20. The summed E-state index contributed by atoms with van der Waals surface area (Å²) in [6.45, 7) is 0. The van der Waals surface area contributed by atoms with Crippen molar-refractivity contribution < 1.29 is 9.90 Å². The van der Waals surface area contributed by atoms with Gasteiger partial charge in [-0.1, -0.05) is 18.2 Å². The summed E-state index contributed by atoms with van der Waals surface area (Å²) >= 11 is 1.26. The molecule has 0 saturated heterocycles. The maximum atomic E-state index is 10.7. The van der Waals surface area contributed by atoms with Crippen LogP contribution in [-0.4, -0.2) is 5.97 Å². The molecule has 0 amide bonds. The van der Waals surface area contributed by atoms with Gasteiger partial charge in [0.15, 0.2) is 0 Å². The largest absolute Gasteiger partial charge is 0.545 e. The second-order valence-electron chi connectivity index (χ2n) is 2.62. The molecule has 13 heavy (non-hydrogen) atoms. The zero-order valence-electron chi connectivity index (χ0n) is 6.61. The Hall–Kier alpha value is -1.55. The standard InChI is InChI=1S/C9H7NO2S/c10-8-7(9(11)12)5-3-1-2-4-6(5)13-8/h1-4H,10H2,(H,11,12)/p-1. The van der Waals surface area contributed by atoms with Gasteiger partial charge >= 0.3 is 0 Å². The highest BCUT2D eigenvalue weighted by Gasteiger charge is 2.08. The lowest BCUT2D eigenvalue weighted by Crippen LogP contribution is -2.22. The van der Waals surface area contributed by atoms with Crippen molar-refractivity contribution >= 4 is 32.4 Å². The van der Waals surface area contributed by atoms with Gasteiger partial charge in [0.25, 0.3) is 0 Å². The van der Waals surface area contributed by atoms with E-state index in [-0.39, 0.29) is 5.56 Å². The van der Waals surface area contributed by atoms with Crippen molar-refractivity contribution in [3.05, 3.63) is 29.8 Å². The van der Waals surface area contributed by atoms with Crippen molar-refractivity contribution in [3.8, 4) is 0 Å². The average molecular weight is 192 g/mol. The summed E-state index contributed by atoms with van der Waals surface area (Å²) in [5.74, 6) is -1.21. The lowest BCUT2D eigenvalue weighted by molar-refractivity contribution is -0.254. The molecule has 66 valence electrons. The number of nitrogens with two attached hydrogens (primary N) is 1. The Morgan fingerprint density at radius 1 is 1.38 bits per heavy atom. The second kappa shape index (κ2) is 2.74. The number of carboxylic acids is 1. The molecule has 0 spiro atoms. The molecule has 0 radical (unpaired) electrons. The van der Waals surface area contributed by atoms with Crippen molar-refractivity contribution in [3.63, 3.8) is 0 Å². The van der Waals surface area contributed by atoms with E-state index in [2.05, 4.69) is 0 Å². The lowest BCUT2D eigenvalue weighted by Gasteiger charge is -2.00. The van der Waals surface area contributed by atoms with E-state index in [4.69, 9.17) is 5.73 Å². The van der Waals surface area contributed by atoms with Gasteiger partial charge in [0.1, 0.15) is 0 Å². The fraction of sp³-hybridized carbons (Fsp3) is 0. The van der Waals surface area contributed by atoms with Gasteiger partial charge in [-0.15, -0.1) is 11.3 Å². The number of aromatic carboxylic acids is 1. The van der Waals surface area contributed by atoms with Gasteiger partial charge in [-0.25, -0.2) is 0 Å². The van der Waals surface area contributed by atoms with Gasteiger partial charge < -0.3 is 15.6 Å². The zero-order chi connectivity index (χ0) is 9.42. The van der Waals surface area contributed by atoms with Crippen LogP contribution >= 0.6 is 11.3 Å². The molecule has 0 bridgehead atoms. The molecule has 0 saturated carbocycles. The number of thiophene rings is 1. The summed E-state index contributed by atoms with van der Waals surface area (Å²) in [5, 5.41) is 11.7. The quantitative estimate of drug-likeness (QED) is 0.728. The molecule has 0 unspecified atom stereocenters. The van der Waals surface area contributed by atoms with Crippen molar-refractivity contribution in [2.24, 2.45) is 0 Å². The van der Waals surface area contributed by atoms with Crippen LogP contribution in [0.15, 0.2) is 24.3 Å². The Balaban J connectivity index is 2.86. The molecule has 2 aromatic rings. The zero-order valence-corrected chi connectivity index (χ0v) is 7.43. The first-order valence-corrected chi connectivity index (χ1v) is 4.50. The number of benzene rings is 1. The molecular weight excluding hydrogens is 186 g/mol. The van der Waals surface area contributed by atoms with Crippen LogP contribution in [0, 0.1) is 0 Å². The summed E-state index contributed by atoms with van der Waals surface area (Å²) in [6.07, 6.45) is 0. The molecule has 1 aromatic heterocycles. The van der Waals surface area contributed by atoms with Crippen LogP contribution in [0.4, 0.5) is 5.00 Å². The smallest absolute Gasteiger partial charge is 0.0960 e. The van der Waals surface area contributed by atoms with Crippen LogP contribution in [0.3, 0.4) is 0 Å². The normalized spacial score (nSPS) is 10.5. The van der Waals surface area contributed by atoms with E-state index in [0.29, 0.717) is 10.4 Å². The maximum Gasteiger partial charge on any atom is 0.0960 e. The fourth-order valence-corrected chi connectivity index (χ4v) is 2.23. The molecule has 2 rings (SSSR count). The van der Waals surface area contributed by atoms with Crippen molar-refractivity contribution in [1.29, 1.82) is 0 Å². The lowest BCUT2D eigenvalue weighted by atomic mass is 10.2. The third-order valence-electron chi connectivity index (χ3n) is 1.83. The highest BCUT2D eigenvalue weighted by atomic mass is 32.1. The topological polar surface area (TPSA) is 66.2 Å². The molecule has 0 atom stereocenters. The van der Waals surface area contributed by atoms with Crippen molar-refractivity contribution in [1.82, 2.24) is 0 Å². The summed E-state index contributed by atoms with van der Waals surface area (Å²) in [4.78, 5) is 10.7. The Bertz CT molecular complexity index is 475. The van der Waals surface area contributed by atoms with Gasteiger partial charge in [-0.3, -0.25) is 0 Å². The van der Waals surface area contributed by atoms with Crippen LogP contribution in [0.1, 0.15) is 10.4 Å². The van der Waals surface area contributed by atoms with E-state index in [1.165, 1.54) is 11.3 Å². The number of anilines is 1. The third-order valence-corrected chi connectivity index (χ3v) is 2.83. The van der Waals surface area contributed by atoms with E-state index in [1.54, 1.807) is 12.1 Å². The number of rotatable bonds is 1. The number of hydrogen-bond acceptors (Lipinski definition) is 4. The molecular formula is C9H6NO2S-. The highest BCUT2D eigenvalue weighted by molar-refractivity contribution is 7.23. The number of nitrogen functional groups attached to an aromatic ring is 1. The second-order valence-corrected chi connectivity index (χ2v) is 3.71. The summed E-state index contributed by atoms with van der Waals surface area (Å²) < 4.78 is 0.874. The minimum atomic E-state index is -1.21. The number of carbonyl (C=O) groups excluding carboxylic acids is 1. The Morgan fingerprint density at radius 2 is 2.08 bits per heavy atom. The molecule has 0 aliphatic heterocycles. The predicted molar refractivity (Wildman–Crippen MR) is 50.6 cm³/mol. The van der Waals surface area contributed by atoms with Crippen LogP contribution < -0.4 is 10.8 Å². The number of carboxylic acid groups (broad SMARTS) is 1. The maximum absolute atomic E-state index is 10.7. The van der Waals surface area contributed by atoms with E-state index >= 15 is 0 Å². The van der Waals surface area contributed by atoms with E-state index in [0.717, 1.165) is 4.70 Å². The molecule has 0 fully saturated rings. The minimum Gasteiger partial charge on any atom is -0.545 e. The fourth-order valence-electron chi connectivity index (χ4n) is 1.27. The van der Waals surface area contributed by atoms with Gasteiger partial charge in [-0.05, 0) is 6.07 Å². The molecule has 1 heterocycles. The van der Waals surface area contributed by atoms with Crippen LogP contribution in [0.5, 0.6) is 0 Å². The molecule has 3 nitrogen and oxygen atoms in total. The number of fused-ring (bicyclic) bond motifs is 1. The van der Waals surface area contributed by atoms with Crippen LogP contribution in [0.2, 0.25) is 0 Å². The van der Waals surface area contributed by atoms with E-state index in [1.807, 2.05) is 12.1 Å². The van der Waals surface area contributed by atoms with Gasteiger partial charge in [0, 0.05) is 15.6 Å². The Labute approximate surface area is 78.4 Å². The molecule has 1 aromatic carbocycles. The first kappa shape index (κ1) is 8.07. The summed E-state index contributed by atoms with van der Waals surface area (Å²) in [7, 11) is 0. The third kappa shape index (κ3) is 1.15. The van der Waals surface area contributed by atoms with Crippen molar-refractivity contribution in [2.75, 3.05) is 5.73 Å². The summed E-state index contributed by atoms with van der Waals surface area (Å²) in [6, 6.07) is 7.19.